The fourth-order valence-electron chi connectivity index (χ4n) is 1.93. The van der Waals surface area contributed by atoms with E-state index in [0.29, 0.717) is 0 Å². The molecule has 2 rings (SSSR count). The van der Waals surface area contributed by atoms with Crippen LogP contribution in [-0.2, 0) is 13.6 Å². The van der Waals surface area contributed by atoms with Crippen molar-refractivity contribution in [3.8, 4) is 11.3 Å². The first-order chi connectivity index (χ1) is 7.74. The molecule has 0 atom stereocenters. The van der Waals surface area contributed by atoms with Gasteiger partial charge in [-0.15, -0.1) is 0 Å². The molecule has 0 aliphatic rings. The quantitative estimate of drug-likeness (QED) is 0.845. The van der Waals surface area contributed by atoms with Crippen LogP contribution in [0.15, 0.2) is 24.5 Å². The summed E-state index contributed by atoms with van der Waals surface area (Å²) >= 11 is 0. The average Bonchev–Trinajstić information content (AvgIpc) is 2.56. The third-order valence-electron chi connectivity index (χ3n) is 2.66. The van der Waals surface area contributed by atoms with Crippen molar-refractivity contribution >= 4 is 0 Å². The Kier molecular flexibility index (Phi) is 3.01. The second-order valence-corrected chi connectivity index (χ2v) is 3.82. The number of nitrogens with one attached hydrogen (secondary N) is 1. The Bertz CT molecular complexity index is 473. The fraction of sp³-hybridized carbons (Fsp3) is 0.333. The molecule has 0 radical (unpaired) electrons. The number of aryl methyl sites for hydroxylation is 1. The first kappa shape index (κ1) is 10.8. The minimum atomic E-state index is 0.792. The van der Waals surface area contributed by atoms with Gasteiger partial charge in [0.15, 0.2) is 0 Å². The Morgan fingerprint density at radius 1 is 1.44 bits per heavy atom. The Hall–Kier alpha value is -1.68. The molecule has 4 heteroatoms. The molecule has 0 saturated heterocycles. The molecule has 0 aliphatic heterocycles. The van der Waals surface area contributed by atoms with Crippen molar-refractivity contribution in [3.05, 3.63) is 35.8 Å². The van der Waals surface area contributed by atoms with Crippen LogP contribution >= 0.6 is 0 Å². The topological polar surface area (TPSA) is 42.7 Å². The second kappa shape index (κ2) is 4.45. The van der Waals surface area contributed by atoms with Crippen LogP contribution < -0.4 is 5.32 Å². The van der Waals surface area contributed by atoms with E-state index < -0.39 is 0 Å². The Balaban J connectivity index is 2.49. The lowest BCUT2D eigenvalue weighted by molar-refractivity contribution is 0.715. The van der Waals surface area contributed by atoms with Gasteiger partial charge in [-0.05, 0) is 31.7 Å². The molecule has 1 N–H and O–H groups in total. The minimum Gasteiger partial charge on any atom is -0.314 e. The van der Waals surface area contributed by atoms with Crippen molar-refractivity contribution in [1.29, 1.82) is 0 Å². The Morgan fingerprint density at radius 2 is 2.25 bits per heavy atom. The van der Waals surface area contributed by atoms with Crippen molar-refractivity contribution in [1.82, 2.24) is 20.1 Å². The maximum atomic E-state index is 4.50. The highest BCUT2D eigenvalue weighted by molar-refractivity contribution is 5.63. The molecule has 2 aromatic heterocycles. The van der Waals surface area contributed by atoms with Gasteiger partial charge in [-0.25, -0.2) is 0 Å². The van der Waals surface area contributed by atoms with Crippen LogP contribution in [0.2, 0.25) is 0 Å². The second-order valence-electron chi connectivity index (χ2n) is 3.82. The molecule has 2 heterocycles. The standard InChI is InChI=1S/C12H16N4/c1-9-11(8-13-2)15-16(3)12(9)10-5-4-6-14-7-10/h4-7,13H,8H2,1-3H3. The van der Waals surface area contributed by atoms with Crippen molar-refractivity contribution in [2.45, 2.75) is 13.5 Å². The zero-order valence-electron chi connectivity index (χ0n) is 9.86. The van der Waals surface area contributed by atoms with Gasteiger partial charge in [0.1, 0.15) is 0 Å². The van der Waals surface area contributed by atoms with E-state index in [1.807, 2.05) is 31.0 Å². The summed E-state index contributed by atoms with van der Waals surface area (Å²) in [5, 5.41) is 7.63. The van der Waals surface area contributed by atoms with Gasteiger partial charge in [0, 0.05) is 31.5 Å². The van der Waals surface area contributed by atoms with Crippen molar-refractivity contribution < 1.29 is 0 Å². The highest BCUT2D eigenvalue weighted by Gasteiger charge is 2.12. The van der Waals surface area contributed by atoms with Gasteiger partial charge in [-0.1, -0.05) is 0 Å². The molecule has 0 aliphatic carbocycles. The molecule has 0 saturated carbocycles. The summed E-state index contributed by atoms with van der Waals surface area (Å²) in [6.45, 7) is 2.89. The molecule has 16 heavy (non-hydrogen) atoms. The third-order valence-corrected chi connectivity index (χ3v) is 2.66. The largest absolute Gasteiger partial charge is 0.314 e. The molecule has 0 unspecified atom stereocenters. The lowest BCUT2D eigenvalue weighted by Crippen LogP contribution is -2.06. The lowest BCUT2D eigenvalue weighted by atomic mass is 10.1. The van der Waals surface area contributed by atoms with E-state index in [2.05, 4.69) is 28.4 Å². The molecule has 0 bridgehead atoms. The minimum absolute atomic E-state index is 0.792. The van der Waals surface area contributed by atoms with Crippen molar-refractivity contribution in [2.24, 2.45) is 7.05 Å². The molecular weight excluding hydrogens is 200 g/mol. The van der Waals surface area contributed by atoms with Gasteiger partial charge >= 0.3 is 0 Å². The molecule has 0 spiro atoms. The Labute approximate surface area is 95.3 Å². The van der Waals surface area contributed by atoms with E-state index >= 15 is 0 Å². The number of pyridine rings is 1. The zero-order valence-corrected chi connectivity index (χ0v) is 9.86. The van der Waals surface area contributed by atoms with Crippen LogP contribution in [0.5, 0.6) is 0 Å². The summed E-state index contributed by atoms with van der Waals surface area (Å²) in [5.41, 5.74) is 4.55. The van der Waals surface area contributed by atoms with Crippen LogP contribution in [0.1, 0.15) is 11.3 Å². The maximum absolute atomic E-state index is 4.50. The molecule has 4 nitrogen and oxygen atoms in total. The van der Waals surface area contributed by atoms with Crippen LogP contribution in [-0.4, -0.2) is 21.8 Å². The number of aromatic nitrogens is 3. The van der Waals surface area contributed by atoms with Crippen molar-refractivity contribution in [3.63, 3.8) is 0 Å². The van der Waals surface area contributed by atoms with Crippen LogP contribution in [0.3, 0.4) is 0 Å². The average molecular weight is 216 g/mol. The predicted octanol–water partition coefficient (Wildman–Crippen LogP) is 1.51. The van der Waals surface area contributed by atoms with Gasteiger partial charge in [-0.2, -0.15) is 5.10 Å². The predicted molar refractivity (Wildman–Crippen MR) is 63.9 cm³/mol. The Morgan fingerprint density at radius 3 is 2.88 bits per heavy atom. The van der Waals surface area contributed by atoms with E-state index in [9.17, 15) is 0 Å². The number of hydrogen-bond donors (Lipinski definition) is 1. The molecular formula is C12H16N4. The summed E-state index contributed by atoms with van der Waals surface area (Å²) in [7, 11) is 3.90. The van der Waals surface area contributed by atoms with E-state index in [-0.39, 0.29) is 0 Å². The van der Waals surface area contributed by atoms with Gasteiger partial charge in [0.05, 0.1) is 11.4 Å². The number of hydrogen-bond acceptors (Lipinski definition) is 3. The smallest absolute Gasteiger partial charge is 0.0797 e. The molecule has 0 aromatic carbocycles. The number of nitrogens with zero attached hydrogens (tertiary/aromatic N) is 3. The van der Waals surface area contributed by atoms with Gasteiger partial charge in [-0.3, -0.25) is 9.67 Å². The molecule has 0 amide bonds. The van der Waals surface area contributed by atoms with Gasteiger partial charge < -0.3 is 5.32 Å². The SMILES string of the molecule is CNCc1nn(C)c(-c2cccnc2)c1C. The van der Waals surface area contributed by atoms with Crippen molar-refractivity contribution in [2.75, 3.05) is 7.05 Å². The number of rotatable bonds is 3. The first-order valence-electron chi connectivity index (χ1n) is 5.31. The highest BCUT2D eigenvalue weighted by Crippen LogP contribution is 2.24. The normalized spacial score (nSPS) is 10.7. The summed E-state index contributed by atoms with van der Waals surface area (Å²) < 4.78 is 1.92. The van der Waals surface area contributed by atoms with Crippen LogP contribution in [0.25, 0.3) is 11.3 Å². The summed E-state index contributed by atoms with van der Waals surface area (Å²) in [5.74, 6) is 0. The van der Waals surface area contributed by atoms with E-state index in [4.69, 9.17) is 0 Å². The summed E-state index contributed by atoms with van der Waals surface area (Å²) in [6, 6.07) is 4.00. The van der Waals surface area contributed by atoms with Gasteiger partial charge in [0.25, 0.3) is 0 Å². The van der Waals surface area contributed by atoms with Crippen LogP contribution in [0, 0.1) is 6.92 Å². The monoisotopic (exact) mass is 216 g/mol. The summed E-state index contributed by atoms with van der Waals surface area (Å²) in [4.78, 5) is 4.14. The van der Waals surface area contributed by atoms with Gasteiger partial charge in [0.2, 0.25) is 0 Å². The zero-order chi connectivity index (χ0) is 11.5. The molecule has 2 aromatic rings. The third kappa shape index (κ3) is 1.84. The molecule has 0 fully saturated rings. The van der Waals surface area contributed by atoms with Crippen LogP contribution in [0.4, 0.5) is 0 Å². The first-order valence-corrected chi connectivity index (χ1v) is 5.31. The molecule has 84 valence electrons. The van der Waals surface area contributed by atoms with E-state index in [1.54, 1.807) is 6.20 Å². The fourth-order valence-corrected chi connectivity index (χ4v) is 1.93. The lowest BCUT2D eigenvalue weighted by Gasteiger charge is -2.02. The highest BCUT2D eigenvalue weighted by atomic mass is 15.3. The summed E-state index contributed by atoms with van der Waals surface area (Å²) in [6.07, 6.45) is 3.65. The maximum Gasteiger partial charge on any atom is 0.0797 e. The van der Waals surface area contributed by atoms with E-state index in [1.165, 1.54) is 5.56 Å². The van der Waals surface area contributed by atoms with E-state index in [0.717, 1.165) is 23.5 Å².